The van der Waals surface area contributed by atoms with Crippen molar-refractivity contribution in [3.05, 3.63) is 42.5 Å². The van der Waals surface area contributed by atoms with E-state index in [9.17, 15) is 4.79 Å². The number of thiol groups is 1. The monoisotopic (exact) mass is 245 g/mol. The van der Waals surface area contributed by atoms with Crippen LogP contribution < -0.4 is 4.90 Å². The molecule has 0 aliphatic rings. The Morgan fingerprint density at radius 3 is 2.59 bits per heavy atom. The molecule has 0 N–H and O–H groups in total. The summed E-state index contributed by atoms with van der Waals surface area (Å²) in [6.07, 6.45) is 0. The highest BCUT2D eigenvalue weighted by Gasteiger charge is 2.14. The molecule has 0 aromatic heterocycles. The van der Waals surface area contributed by atoms with Crippen molar-refractivity contribution in [1.29, 1.82) is 0 Å². The summed E-state index contributed by atoms with van der Waals surface area (Å²) in [7, 11) is 0. The quantitative estimate of drug-likeness (QED) is 0.824. The summed E-state index contributed by atoms with van der Waals surface area (Å²) in [4.78, 5) is 13.6. The Morgan fingerprint density at radius 2 is 1.88 bits per heavy atom. The van der Waals surface area contributed by atoms with Crippen LogP contribution in [0.4, 0.5) is 5.69 Å². The van der Waals surface area contributed by atoms with Crippen molar-refractivity contribution in [1.82, 2.24) is 0 Å². The van der Waals surface area contributed by atoms with Gasteiger partial charge in [0, 0.05) is 11.9 Å². The summed E-state index contributed by atoms with van der Waals surface area (Å²) in [6, 6.07) is 14.1. The highest BCUT2D eigenvalue weighted by Crippen LogP contribution is 2.26. The predicted molar refractivity (Wildman–Crippen MR) is 75.8 cm³/mol. The van der Waals surface area contributed by atoms with Crippen molar-refractivity contribution in [2.45, 2.75) is 6.92 Å². The number of hydrogen-bond acceptors (Lipinski definition) is 2. The zero-order chi connectivity index (χ0) is 12.3. The molecule has 88 valence electrons. The molecule has 2 aromatic carbocycles. The first kappa shape index (κ1) is 12.0. The van der Waals surface area contributed by atoms with Gasteiger partial charge in [0.25, 0.3) is 0 Å². The molecule has 2 rings (SSSR count). The maximum Gasteiger partial charge on any atom is 0.236 e. The maximum atomic E-state index is 11.8. The van der Waals surface area contributed by atoms with E-state index in [1.54, 1.807) is 4.90 Å². The van der Waals surface area contributed by atoms with Crippen LogP contribution in [0, 0.1) is 0 Å². The molecule has 0 atom stereocenters. The van der Waals surface area contributed by atoms with Crippen molar-refractivity contribution in [2.24, 2.45) is 0 Å². The average Bonchev–Trinajstić information content (AvgIpc) is 2.39. The third-order valence-electron chi connectivity index (χ3n) is 2.81. The molecular formula is C14H15NOS. The molecule has 0 saturated heterocycles. The molecule has 0 bridgehead atoms. The molecule has 17 heavy (non-hydrogen) atoms. The zero-order valence-corrected chi connectivity index (χ0v) is 10.7. The summed E-state index contributed by atoms with van der Waals surface area (Å²) in [5, 5.41) is 2.25. The van der Waals surface area contributed by atoms with Crippen LogP contribution in [0.15, 0.2) is 42.5 Å². The maximum absolute atomic E-state index is 11.8. The van der Waals surface area contributed by atoms with Crippen molar-refractivity contribution in [3.63, 3.8) is 0 Å². The molecule has 0 fully saturated rings. The topological polar surface area (TPSA) is 20.3 Å². The third-order valence-corrected chi connectivity index (χ3v) is 3.08. The van der Waals surface area contributed by atoms with Gasteiger partial charge in [0.15, 0.2) is 0 Å². The lowest BCUT2D eigenvalue weighted by atomic mass is 10.1. The van der Waals surface area contributed by atoms with E-state index in [2.05, 4.69) is 24.8 Å². The van der Waals surface area contributed by atoms with Gasteiger partial charge >= 0.3 is 0 Å². The van der Waals surface area contributed by atoms with Gasteiger partial charge in [-0.25, -0.2) is 0 Å². The number of rotatable bonds is 3. The van der Waals surface area contributed by atoms with Crippen LogP contribution in [0.25, 0.3) is 10.8 Å². The summed E-state index contributed by atoms with van der Waals surface area (Å²) >= 11 is 4.06. The minimum Gasteiger partial charge on any atom is -0.311 e. The van der Waals surface area contributed by atoms with Crippen LogP contribution >= 0.6 is 12.6 Å². The number of benzene rings is 2. The van der Waals surface area contributed by atoms with E-state index in [1.165, 1.54) is 0 Å². The lowest BCUT2D eigenvalue weighted by Crippen LogP contribution is -2.31. The summed E-state index contributed by atoms with van der Waals surface area (Å²) in [5.74, 6) is 0.268. The van der Waals surface area contributed by atoms with E-state index in [0.29, 0.717) is 6.54 Å². The van der Waals surface area contributed by atoms with E-state index in [1.807, 2.05) is 37.3 Å². The number of carbonyl (C=O) groups is 1. The second-order valence-electron chi connectivity index (χ2n) is 3.79. The van der Waals surface area contributed by atoms with Crippen molar-refractivity contribution >= 4 is 35.0 Å². The Bertz CT molecular complexity index is 533. The number of anilines is 1. The molecule has 0 aliphatic carbocycles. The average molecular weight is 245 g/mol. The number of fused-ring (bicyclic) bond motifs is 1. The number of amides is 1. The molecule has 0 unspecified atom stereocenters. The van der Waals surface area contributed by atoms with Crippen LogP contribution in [0.1, 0.15) is 6.92 Å². The van der Waals surface area contributed by atoms with E-state index in [4.69, 9.17) is 0 Å². The smallest absolute Gasteiger partial charge is 0.236 e. The van der Waals surface area contributed by atoms with Gasteiger partial charge in [0.2, 0.25) is 5.91 Å². The minimum absolute atomic E-state index is 0.0344. The Hall–Kier alpha value is -1.48. The third kappa shape index (κ3) is 2.29. The molecule has 2 aromatic rings. The number of hydrogen-bond donors (Lipinski definition) is 1. The van der Waals surface area contributed by atoms with Crippen LogP contribution in [0.3, 0.4) is 0 Å². The van der Waals surface area contributed by atoms with Crippen LogP contribution in [0.2, 0.25) is 0 Å². The van der Waals surface area contributed by atoms with E-state index in [0.717, 1.165) is 16.5 Å². The Kier molecular flexibility index (Phi) is 3.69. The lowest BCUT2D eigenvalue weighted by Gasteiger charge is -2.22. The van der Waals surface area contributed by atoms with Crippen molar-refractivity contribution in [3.8, 4) is 0 Å². The van der Waals surface area contributed by atoms with Gasteiger partial charge < -0.3 is 4.90 Å². The number of carbonyl (C=O) groups excluding carboxylic acids is 1. The zero-order valence-electron chi connectivity index (χ0n) is 9.76. The van der Waals surface area contributed by atoms with E-state index >= 15 is 0 Å². The van der Waals surface area contributed by atoms with Crippen molar-refractivity contribution < 1.29 is 4.79 Å². The molecule has 0 aliphatic heterocycles. The molecule has 0 spiro atoms. The van der Waals surface area contributed by atoms with Crippen LogP contribution in [-0.4, -0.2) is 18.2 Å². The van der Waals surface area contributed by atoms with Crippen LogP contribution in [0.5, 0.6) is 0 Å². The van der Waals surface area contributed by atoms with Crippen LogP contribution in [-0.2, 0) is 4.79 Å². The molecule has 0 radical (unpaired) electrons. The van der Waals surface area contributed by atoms with Gasteiger partial charge in [-0.1, -0.05) is 36.4 Å². The fourth-order valence-corrected chi connectivity index (χ4v) is 2.18. The molecular weight excluding hydrogens is 230 g/mol. The normalized spacial score (nSPS) is 10.5. The fourth-order valence-electron chi connectivity index (χ4n) is 2.01. The number of nitrogens with zero attached hydrogens (tertiary/aromatic N) is 1. The van der Waals surface area contributed by atoms with Gasteiger partial charge in [-0.3, -0.25) is 4.79 Å². The van der Waals surface area contributed by atoms with Gasteiger partial charge in [-0.2, -0.15) is 12.6 Å². The first-order chi connectivity index (χ1) is 8.27. The van der Waals surface area contributed by atoms with Crippen molar-refractivity contribution in [2.75, 3.05) is 17.2 Å². The highest BCUT2D eigenvalue weighted by molar-refractivity contribution is 7.81. The molecule has 3 heteroatoms. The largest absolute Gasteiger partial charge is 0.311 e. The second kappa shape index (κ2) is 5.23. The molecule has 2 nitrogen and oxygen atoms in total. The second-order valence-corrected chi connectivity index (χ2v) is 4.11. The lowest BCUT2D eigenvalue weighted by molar-refractivity contribution is -0.116. The van der Waals surface area contributed by atoms with Gasteiger partial charge in [0.1, 0.15) is 0 Å². The fraction of sp³-hybridized carbons (Fsp3) is 0.214. The highest BCUT2D eigenvalue weighted by atomic mass is 32.1. The Labute approximate surface area is 107 Å². The summed E-state index contributed by atoms with van der Waals surface area (Å²) in [5.41, 5.74) is 0.963. The van der Waals surface area contributed by atoms with Gasteiger partial charge in [0.05, 0.1) is 11.4 Å². The first-order valence-corrected chi connectivity index (χ1v) is 6.30. The van der Waals surface area contributed by atoms with E-state index < -0.39 is 0 Å². The Balaban J connectivity index is 2.57. The summed E-state index contributed by atoms with van der Waals surface area (Å²) < 4.78 is 0. The first-order valence-electron chi connectivity index (χ1n) is 5.67. The van der Waals surface area contributed by atoms with Gasteiger partial charge in [-0.05, 0) is 18.4 Å². The summed E-state index contributed by atoms with van der Waals surface area (Å²) in [6.45, 7) is 2.64. The predicted octanol–water partition coefficient (Wildman–Crippen LogP) is 3.12. The van der Waals surface area contributed by atoms with Gasteiger partial charge in [-0.15, -0.1) is 0 Å². The minimum atomic E-state index is 0.0344. The SMILES string of the molecule is CCN(C(=O)CS)c1cccc2ccccc12. The van der Waals surface area contributed by atoms with E-state index in [-0.39, 0.29) is 11.7 Å². The molecule has 0 heterocycles. The Morgan fingerprint density at radius 1 is 1.18 bits per heavy atom. The standard InChI is InChI=1S/C14H15NOS/c1-2-15(14(16)10-17)13-9-5-7-11-6-3-4-8-12(11)13/h3-9,17H,2,10H2,1H3. The molecule has 1 amide bonds. The molecule has 0 saturated carbocycles.